The van der Waals surface area contributed by atoms with Crippen molar-refractivity contribution in [2.24, 2.45) is 0 Å². The molecule has 4 rings (SSSR count). The van der Waals surface area contributed by atoms with Crippen LogP contribution in [0.2, 0.25) is 0 Å². The molecule has 1 aliphatic carbocycles. The fourth-order valence-corrected chi connectivity index (χ4v) is 3.33. The number of aromatic nitrogens is 3. The van der Waals surface area contributed by atoms with Gasteiger partial charge < -0.3 is 14.6 Å². The van der Waals surface area contributed by atoms with Crippen LogP contribution in [0.4, 0.5) is 0 Å². The van der Waals surface area contributed by atoms with Crippen LogP contribution < -0.4 is 5.32 Å². The van der Waals surface area contributed by atoms with Crippen molar-refractivity contribution < 1.29 is 14.0 Å². The number of carbonyl (C=O) groups excluding carboxylic acids is 2. The van der Waals surface area contributed by atoms with Crippen LogP contribution in [-0.2, 0) is 11.3 Å². The number of likely N-dealkylation sites (N-methyl/N-ethyl adjacent to an activating group) is 1. The first-order valence-electron chi connectivity index (χ1n) is 9.86. The average Bonchev–Trinajstić information content (AvgIpc) is 3.24. The Bertz CT molecular complexity index is 1030. The number of hydrogen-bond donors (Lipinski definition) is 1. The molecule has 8 nitrogen and oxygen atoms in total. The fraction of sp³-hybridized carbons (Fsp3) is 0.429. The highest BCUT2D eigenvalue weighted by Crippen LogP contribution is 2.40. The summed E-state index contributed by atoms with van der Waals surface area (Å²) in [5.74, 6) is 0.611. The van der Waals surface area contributed by atoms with Gasteiger partial charge in [-0.15, -0.1) is 0 Å². The van der Waals surface area contributed by atoms with E-state index in [1.54, 1.807) is 31.6 Å². The van der Waals surface area contributed by atoms with Gasteiger partial charge in [0.05, 0.1) is 36.5 Å². The molecule has 2 amide bonds. The summed E-state index contributed by atoms with van der Waals surface area (Å²) in [5.41, 5.74) is 2.20. The number of nitrogens with one attached hydrogen (secondary N) is 1. The average molecular weight is 395 g/mol. The van der Waals surface area contributed by atoms with Crippen molar-refractivity contribution in [3.05, 3.63) is 47.7 Å². The highest BCUT2D eigenvalue weighted by Gasteiger charge is 2.29. The molecule has 1 saturated carbocycles. The first kappa shape index (κ1) is 19.2. The third-order valence-electron chi connectivity index (χ3n) is 5.07. The monoisotopic (exact) mass is 395 g/mol. The van der Waals surface area contributed by atoms with Crippen molar-refractivity contribution in [2.75, 3.05) is 13.6 Å². The van der Waals surface area contributed by atoms with Crippen LogP contribution in [0.25, 0.3) is 11.0 Å². The van der Waals surface area contributed by atoms with E-state index in [0.29, 0.717) is 23.8 Å². The molecule has 3 aromatic heterocycles. The van der Waals surface area contributed by atoms with Crippen molar-refractivity contribution in [2.45, 2.75) is 45.2 Å². The van der Waals surface area contributed by atoms with Crippen molar-refractivity contribution in [1.82, 2.24) is 25.0 Å². The molecule has 0 aromatic carbocycles. The molecule has 1 N–H and O–H groups in total. The minimum Gasteiger partial charge on any atom is -0.467 e. The van der Waals surface area contributed by atoms with Crippen LogP contribution in [0, 0.1) is 0 Å². The third kappa shape index (κ3) is 4.01. The van der Waals surface area contributed by atoms with Gasteiger partial charge in [0, 0.05) is 24.7 Å². The topological polar surface area (TPSA) is 93.3 Å². The Hall–Kier alpha value is -3.16. The number of nitrogens with zero attached hydrogens (tertiary/aromatic N) is 4. The zero-order valence-electron chi connectivity index (χ0n) is 16.9. The van der Waals surface area contributed by atoms with Gasteiger partial charge in [0.25, 0.3) is 5.91 Å². The lowest BCUT2D eigenvalue weighted by Crippen LogP contribution is -2.38. The Labute approximate surface area is 168 Å². The number of fused-ring (bicyclic) bond motifs is 1. The largest absolute Gasteiger partial charge is 0.467 e. The fourth-order valence-electron chi connectivity index (χ4n) is 3.33. The van der Waals surface area contributed by atoms with Gasteiger partial charge in [-0.05, 0) is 44.9 Å². The van der Waals surface area contributed by atoms with E-state index in [-0.39, 0.29) is 24.4 Å². The summed E-state index contributed by atoms with van der Waals surface area (Å²) in [5, 5.41) is 7.91. The Morgan fingerprint density at radius 2 is 2.17 bits per heavy atom. The summed E-state index contributed by atoms with van der Waals surface area (Å²) in [7, 11) is 1.63. The van der Waals surface area contributed by atoms with Crippen molar-refractivity contribution in [3.63, 3.8) is 0 Å². The molecule has 0 spiro atoms. The lowest BCUT2D eigenvalue weighted by molar-refractivity contribution is -0.121. The number of hydrogen-bond acceptors (Lipinski definition) is 5. The van der Waals surface area contributed by atoms with Gasteiger partial charge in [0.15, 0.2) is 5.65 Å². The number of carbonyl (C=O) groups is 2. The van der Waals surface area contributed by atoms with Crippen LogP contribution >= 0.6 is 0 Å². The van der Waals surface area contributed by atoms with Crippen molar-refractivity contribution in [3.8, 4) is 0 Å². The van der Waals surface area contributed by atoms with Crippen LogP contribution in [0.15, 0.2) is 35.1 Å². The number of furan rings is 1. The van der Waals surface area contributed by atoms with Gasteiger partial charge >= 0.3 is 0 Å². The quantitative estimate of drug-likeness (QED) is 0.664. The summed E-state index contributed by atoms with van der Waals surface area (Å²) in [6.45, 7) is 4.32. The van der Waals surface area contributed by atoms with Gasteiger partial charge in [-0.1, -0.05) is 0 Å². The molecule has 1 fully saturated rings. The van der Waals surface area contributed by atoms with Gasteiger partial charge in [0.2, 0.25) is 5.91 Å². The number of amides is 2. The molecule has 29 heavy (non-hydrogen) atoms. The summed E-state index contributed by atoms with van der Waals surface area (Å²) in [6.07, 6.45) is 5.43. The SMILES string of the molecule is CC(C)n1ncc2c(C(=O)N(C)CC(=O)NCc3ccco3)cc(C3CC3)nc21. The third-order valence-corrected chi connectivity index (χ3v) is 5.07. The maximum atomic E-state index is 13.2. The van der Waals surface area contributed by atoms with Gasteiger partial charge in [-0.3, -0.25) is 9.59 Å². The Kier molecular flexibility index (Phi) is 5.08. The second-order valence-corrected chi connectivity index (χ2v) is 7.81. The lowest BCUT2D eigenvalue weighted by Gasteiger charge is -2.18. The zero-order chi connectivity index (χ0) is 20.5. The van der Waals surface area contributed by atoms with E-state index in [4.69, 9.17) is 9.40 Å². The second-order valence-electron chi connectivity index (χ2n) is 7.81. The first-order chi connectivity index (χ1) is 13.9. The van der Waals surface area contributed by atoms with E-state index < -0.39 is 0 Å². The second kappa shape index (κ2) is 7.69. The predicted octanol–water partition coefficient (Wildman–Crippen LogP) is 2.87. The minimum atomic E-state index is -0.247. The van der Waals surface area contributed by atoms with Gasteiger partial charge in [-0.25, -0.2) is 9.67 Å². The predicted molar refractivity (Wildman–Crippen MR) is 107 cm³/mol. The molecule has 1 aliphatic rings. The number of pyridine rings is 1. The van der Waals surface area contributed by atoms with E-state index in [9.17, 15) is 9.59 Å². The minimum absolute atomic E-state index is 0.0412. The van der Waals surface area contributed by atoms with Crippen molar-refractivity contribution in [1.29, 1.82) is 0 Å². The standard InChI is InChI=1S/C21H25N5O3/c1-13(2)26-20-17(11-23-26)16(9-18(24-20)14-6-7-14)21(28)25(3)12-19(27)22-10-15-5-4-8-29-15/h4-5,8-9,11,13-14H,6-7,10,12H2,1-3H3,(H,22,27). The van der Waals surface area contributed by atoms with Gasteiger partial charge in [-0.2, -0.15) is 5.10 Å². The zero-order valence-corrected chi connectivity index (χ0v) is 16.9. The Balaban J connectivity index is 1.54. The number of rotatable bonds is 7. The molecule has 0 aliphatic heterocycles. The highest BCUT2D eigenvalue weighted by atomic mass is 16.3. The van der Waals surface area contributed by atoms with E-state index in [0.717, 1.165) is 29.6 Å². The summed E-state index contributed by atoms with van der Waals surface area (Å²) in [6, 6.07) is 5.56. The van der Waals surface area contributed by atoms with Crippen LogP contribution in [-0.4, -0.2) is 45.1 Å². The molecular weight excluding hydrogens is 370 g/mol. The maximum absolute atomic E-state index is 13.2. The summed E-state index contributed by atoms with van der Waals surface area (Å²) < 4.78 is 7.05. The molecular formula is C21H25N5O3. The summed E-state index contributed by atoms with van der Waals surface area (Å²) in [4.78, 5) is 31.6. The smallest absolute Gasteiger partial charge is 0.254 e. The van der Waals surface area contributed by atoms with Crippen molar-refractivity contribution >= 4 is 22.8 Å². The maximum Gasteiger partial charge on any atom is 0.254 e. The highest BCUT2D eigenvalue weighted by molar-refractivity contribution is 6.06. The molecule has 152 valence electrons. The molecule has 0 unspecified atom stereocenters. The summed E-state index contributed by atoms with van der Waals surface area (Å²) >= 11 is 0. The Morgan fingerprint density at radius 1 is 1.38 bits per heavy atom. The normalized spacial score (nSPS) is 13.8. The molecule has 8 heteroatoms. The molecule has 0 saturated heterocycles. The molecule has 0 radical (unpaired) electrons. The van der Waals surface area contributed by atoms with Crippen LogP contribution in [0.3, 0.4) is 0 Å². The van der Waals surface area contributed by atoms with Crippen LogP contribution in [0.5, 0.6) is 0 Å². The lowest BCUT2D eigenvalue weighted by atomic mass is 10.1. The van der Waals surface area contributed by atoms with E-state index in [2.05, 4.69) is 10.4 Å². The molecule has 3 aromatic rings. The Morgan fingerprint density at radius 3 is 2.83 bits per heavy atom. The van der Waals surface area contributed by atoms with Gasteiger partial charge in [0.1, 0.15) is 5.76 Å². The van der Waals surface area contributed by atoms with Crippen LogP contribution in [0.1, 0.15) is 60.5 Å². The molecule has 0 bridgehead atoms. The van der Waals surface area contributed by atoms with E-state index in [1.807, 2.05) is 24.6 Å². The molecule has 0 atom stereocenters. The van der Waals surface area contributed by atoms with E-state index >= 15 is 0 Å². The molecule has 3 heterocycles. The first-order valence-corrected chi connectivity index (χ1v) is 9.86. The van der Waals surface area contributed by atoms with E-state index in [1.165, 1.54) is 4.90 Å².